The van der Waals surface area contributed by atoms with E-state index in [0.717, 1.165) is 24.8 Å². The fourth-order valence-electron chi connectivity index (χ4n) is 7.74. The number of ether oxygens (including phenoxy) is 1. The first-order valence-corrected chi connectivity index (χ1v) is 12.1. The highest BCUT2D eigenvalue weighted by Crippen LogP contribution is 2.67. The van der Waals surface area contributed by atoms with Crippen LogP contribution in [0.5, 0.6) is 11.5 Å². The molecular formula is C26H35NO6. The van der Waals surface area contributed by atoms with Crippen molar-refractivity contribution in [2.75, 3.05) is 0 Å². The second-order valence-corrected chi connectivity index (χ2v) is 11.7. The van der Waals surface area contributed by atoms with Gasteiger partial charge in [-0.2, -0.15) is 0 Å². The van der Waals surface area contributed by atoms with Crippen LogP contribution < -0.4 is 4.74 Å². The highest BCUT2D eigenvalue weighted by molar-refractivity contribution is 6.02. The van der Waals surface area contributed by atoms with Crippen LogP contribution in [0.15, 0.2) is 6.07 Å². The molecule has 7 nitrogen and oxygen atoms in total. The molecule has 0 aromatic heterocycles. The average molecular weight is 458 g/mol. The number of phenolic OH excluding ortho intramolecular Hbond substituents is 1. The van der Waals surface area contributed by atoms with Crippen LogP contribution in [0.3, 0.4) is 0 Å². The second-order valence-electron chi connectivity index (χ2n) is 11.7. The minimum absolute atomic E-state index is 0.0480. The predicted octanol–water partition coefficient (Wildman–Crippen LogP) is 3.73. The van der Waals surface area contributed by atoms with E-state index in [2.05, 4.69) is 27.7 Å². The van der Waals surface area contributed by atoms with E-state index in [-0.39, 0.29) is 47.0 Å². The molecule has 1 spiro atoms. The molecule has 0 radical (unpaired) electrons. The third-order valence-electron chi connectivity index (χ3n) is 9.95. The fraction of sp³-hybridized carbons (Fsp3) is 0.692. The number of fused-ring (bicyclic) bond motifs is 5. The summed E-state index contributed by atoms with van der Waals surface area (Å²) in [6.45, 7) is 10.5. The Morgan fingerprint density at radius 3 is 2.58 bits per heavy atom. The van der Waals surface area contributed by atoms with Gasteiger partial charge in [0.25, 0.3) is 5.91 Å². The summed E-state index contributed by atoms with van der Waals surface area (Å²) in [7, 11) is 0. The lowest BCUT2D eigenvalue weighted by Gasteiger charge is -2.64. The molecule has 2 saturated carbocycles. The molecule has 5 rings (SSSR count). The maximum Gasteiger partial charge on any atom is 0.326 e. The standard InChI is InChI=1S/C26H35NO6/c1-13-6-7-19-24(3,4)20(29)8-9-25(19,5)26(13)11-16-18(28)10-15-17(21(16)33-26)12-27(22(15)30)14(2)23(31)32/h10,13-14,19-20,28-29H,6-9,11-12H2,1-5H3,(H,31,32)/t13-,14-,19-,20+,25-,26+/m0/s1. The molecule has 0 bridgehead atoms. The number of aliphatic hydroxyl groups excluding tert-OH is 1. The van der Waals surface area contributed by atoms with Crippen molar-refractivity contribution < 1.29 is 29.6 Å². The minimum Gasteiger partial charge on any atom is -0.508 e. The van der Waals surface area contributed by atoms with Gasteiger partial charge in [0.1, 0.15) is 23.1 Å². The van der Waals surface area contributed by atoms with E-state index in [1.165, 1.54) is 17.9 Å². The first-order chi connectivity index (χ1) is 15.3. The monoisotopic (exact) mass is 457 g/mol. The quantitative estimate of drug-likeness (QED) is 0.625. The average Bonchev–Trinajstić information content (AvgIpc) is 3.30. The largest absolute Gasteiger partial charge is 0.508 e. The maximum absolute atomic E-state index is 13.0. The summed E-state index contributed by atoms with van der Waals surface area (Å²) in [5.74, 6) is -0.333. The third-order valence-corrected chi connectivity index (χ3v) is 9.95. The summed E-state index contributed by atoms with van der Waals surface area (Å²) in [5, 5.41) is 31.2. The van der Waals surface area contributed by atoms with Crippen LogP contribution >= 0.6 is 0 Å². The zero-order valence-electron chi connectivity index (χ0n) is 20.1. The zero-order chi connectivity index (χ0) is 24.1. The summed E-state index contributed by atoms with van der Waals surface area (Å²) >= 11 is 0. The van der Waals surface area contributed by atoms with Gasteiger partial charge >= 0.3 is 5.97 Å². The number of amides is 1. The highest BCUT2D eigenvalue weighted by atomic mass is 16.5. The van der Waals surface area contributed by atoms with Crippen LogP contribution in [0.1, 0.15) is 81.8 Å². The number of benzene rings is 1. The molecule has 6 atom stereocenters. The van der Waals surface area contributed by atoms with Crippen LogP contribution in [0.25, 0.3) is 0 Å². The van der Waals surface area contributed by atoms with Crippen molar-refractivity contribution >= 4 is 11.9 Å². The van der Waals surface area contributed by atoms with Gasteiger partial charge in [-0.15, -0.1) is 0 Å². The molecule has 1 amide bonds. The lowest BCUT2D eigenvalue weighted by Crippen LogP contribution is -2.66. The zero-order valence-corrected chi connectivity index (χ0v) is 20.1. The lowest BCUT2D eigenvalue weighted by molar-refractivity contribution is -0.210. The topological polar surface area (TPSA) is 107 Å². The van der Waals surface area contributed by atoms with E-state index in [1.807, 2.05) is 0 Å². The molecule has 2 fully saturated rings. The smallest absolute Gasteiger partial charge is 0.326 e. The Labute approximate surface area is 194 Å². The number of aliphatic carboxylic acids is 1. The maximum atomic E-state index is 13.0. The number of hydrogen-bond acceptors (Lipinski definition) is 5. The van der Waals surface area contributed by atoms with E-state index >= 15 is 0 Å². The number of carboxylic acid groups (broad SMARTS) is 1. The molecule has 2 aliphatic carbocycles. The summed E-state index contributed by atoms with van der Waals surface area (Å²) < 4.78 is 6.94. The molecule has 33 heavy (non-hydrogen) atoms. The number of nitrogens with zero attached hydrogens (tertiary/aromatic N) is 1. The Kier molecular flexibility index (Phi) is 4.69. The Morgan fingerprint density at radius 1 is 1.21 bits per heavy atom. The Morgan fingerprint density at radius 2 is 1.91 bits per heavy atom. The van der Waals surface area contributed by atoms with Gasteiger partial charge < -0.3 is 25.0 Å². The Balaban J connectivity index is 1.60. The van der Waals surface area contributed by atoms with Crippen LogP contribution in [0, 0.1) is 22.7 Å². The van der Waals surface area contributed by atoms with Crippen LogP contribution in [-0.4, -0.2) is 49.8 Å². The van der Waals surface area contributed by atoms with Gasteiger partial charge in [0.15, 0.2) is 0 Å². The van der Waals surface area contributed by atoms with Crippen molar-refractivity contribution in [3.63, 3.8) is 0 Å². The summed E-state index contributed by atoms with van der Waals surface area (Å²) in [6, 6.07) is 0.532. The molecule has 1 aromatic rings. The van der Waals surface area contributed by atoms with Crippen LogP contribution in [0.4, 0.5) is 0 Å². The summed E-state index contributed by atoms with van der Waals surface area (Å²) in [4.78, 5) is 25.9. The van der Waals surface area contributed by atoms with Gasteiger partial charge in [-0.25, -0.2) is 4.79 Å². The number of carbonyl (C=O) groups is 2. The second kappa shape index (κ2) is 6.87. The molecule has 180 valence electrons. The number of carboxylic acids is 1. The van der Waals surface area contributed by atoms with Gasteiger partial charge in [-0.05, 0) is 55.9 Å². The Bertz CT molecular complexity index is 1050. The minimum atomic E-state index is -1.06. The van der Waals surface area contributed by atoms with E-state index in [4.69, 9.17) is 4.74 Å². The Hall–Kier alpha value is -2.28. The van der Waals surface area contributed by atoms with Gasteiger partial charge in [0.05, 0.1) is 18.2 Å². The van der Waals surface area contributed by atoms with Crippen molar-refractivity contribution in [1.29, 1.82) is 0 Å². The van der Waals surface area contributed by atoms with E-state index in [1.54, 1.807) is 0 Å². The van der Waals surface area contributed by atoms with E-state index < -0.39 is 17.6 Å². The number of aromatic hydroxyl groups is 1. The molecule has 0 unspecified atom stereocenters. The molecule has 4 aliphatic rings. The summed E-state index contributed by atoms with van der Waals surface area (Å²) in [5.41, 5.74) is 0.752. The van der Waals surface area contributed by atoms with Crippen LogP contribution in [0.2, 0.25) is 0 Å². The van der Waals surface area contributed by atoms with Gasteiger partial charge in [-0.1, -0.05) is 27.7 Å². The molecule has 2 aliphatic heterocycles. The van der Waals surface area contributed by atoms with Crippen molar-refractivity contribution in [2.45, 2.75) is 91.0 Å². The first kappa shape index (κ1) is 22.5. The van der Waals surface area contributed by atoms with Crippen LogP contribution in [-0.2, 0) is 17.8 Å². The van der Waals surface area contributed by atoms with Crippen molar-refractivity contribution in [3.8, 4) is 11.5 Å². The molecule has 2 heterocycles. The number of carbonyl (C=O) groups excluding carboxylic acids is 1. The van der Waals surface area contributed by atoms with Gasteiger partial charge in [0.2, 0.25) is 0 Å². The molecule has 1 aromatic carbocycles. The summed E-state index contributed by atoms with van der Waals surface area (Å²) in [6.07, 6.45) is 3.74. The highest BCUT2D eigenvalue weighted by Gasteiger charge is 2.67. The third kappa shape index (κ3) is 2.71. The van der Waals surface area contributed by atoms with E-state index in [9.17, 15) is 24.9 Å². The molecule has 3 N–H and O–H groups in total. The van der Waals surface area contributed by atoms with Crippen molar-refractivity contribution in [2.24, 2.45) is 22.7 Å². The molecular weight excluding hydrogens is 422 g/mol. The number of phenols is 1. The number of aliphatic hydroxyl groups is 1. The number of hydrogen-bond donors (Lipinski definition) is 3. The SMILES string of the molecule is C[C@@H](C(=O)O)N1Cc2c(cc(O)c3c2O[C@]2(C3)[C@@H](C)CC[C@H]3C(C)(C)[C@H](O)CC[C@@]32C)C1=O. The van der Waals surface area contributed by atoms with Crippen molar-refractivity contribution in [3.05, 3.63) is 22.8 Å². The first-order valence-electron chi connectivity index (χ1n) is 12.1. The molecule has 7 heteroatoms. The normalized spacial score (nSPS) is 37.3. The predicted molar refractivity (Wildman–Crippen MR) is 121 cm³/mol. The fourth-order valence-corrected chi connectivity index (χ4v) is 7.74. The van der Waals surface area contributed by atoms with Crippen molar-refractivity contribution in [1.82, 2.24) is 4.90 Å². The number of rotatable bonds is 2. The van der Waals surface area contributed by atoms with Gasteiger partial charge in [0, 0.05) is 23.0 Å². The van der Waals surface area contributed by atoms with E-state index in [0.29, 0.717) is 29.7 Å². The lowest BCUT2D eigenvalue weighted by atomic mass is 9.43. The van der Waals surface area contributed by atoms with Gasteiger partial charge in [-0.3, -0.25) is 4.79 Å². The molecule has 0 saturated heterocycles.